The second-order valence-electron chi connectivity index (χ2n) is 8.17. The van der Waals surface area contributed by atoms with E-state index < -0.39 is 38.7 Å². The molecule has 1 aliphatic carbocycles. The minimum Gasteiger partial charge on any atom is -0.480 e. The Morgan fingerprint density at radius 3 is 2.32 bits per heavy atom. The summed E-state index contributed by atoms with van der Waals surface area (Å²) in [6.07, 6.45) is -1.64. The average molecular weight is 504 g/mol. The molecule has 0 aromatic heterocycles. The van der Waals surface area contributed by atoms with Gasteiger partial charge in [0.2, 0.25) is 10.0 Å². The first-order chi connectivity index (χ1) is 15.8. The third-order valence-electron chi connectivity index (χ3n) is 6.10. The van der Waals surface area contributed by atoms with Gasteiger partial charge in [-0.2, -0.15) is 17.5 Å². The molecule has 7 nitrogen and oxygen atoms in total. The number of nitrogens with zero attached hydrogens (tertiary/aromatic N) is 3. The molecule has 0 bridgehead atoms. The highest BCUT2D eigenvalue weighted by molar-refractivity contribution is 7.89. The molecule has 2 rings (SSSR count). The zero-order valence-corrected chi connectivity index (χ0v) is 20.7. The van der Waals surface area contributed by atoms with Crippen molar-refractivity contribution < 1.29 is 31.5 Å². The van der Waals surface area contributed by atoms with Crippen LogP contribution < -0.4 is 4.90 Å². The molecule has 1 N–H and O–H groups in total. The second-order valence-corrected chi connectivity index (χ2v) is 10.2. The fraction of sp³-hybridized carbons (Fsp3) is 0.522. The van der Waals surface area contributed by atoms with Gasteiger partial charge in [0.1, 0.15) is 6.54 Å². The number of carbonyl (C=O) groups is 1. The smallest absolute Gasteiger partial charge is 0.416 e. The number of hydrogen-bond acceptors (Lipinski definition) is 5. The van der Waals surface area contributed by atoms with Crippen LogP contribution >= 0.6 is 0 Å². The molecular formula is C23H32F3N3O4S. The maximum atomic E-state index is 13.6. The molecule has 1 aliphatic rings. The molecule has 0 heterocycles. The highest BCUT2D eigenvalue weighted by atomic mass is 32.2. The molecule has 0 saturated carbocycles. The van der Waals surface area contributed by atoms with Crippen LogP contribution in [-0.2, 0) is 21.0 Å². The highest BCUT2D eigenvalue weighted by Crippen LogP contribution is 2.37. The number of carboxylic acids is 1. The number of hydrogen-bond donors (Lipinski definition) is 1. The number of halogens is 3. The number of alkyl halides is 3. The van der Waals surface area contributed by atoms with E-state index in [0.29, 0.717) is 49.7 Å². The molecule has 1 aromatic rings. The summed E-state index contributed by atoms with van der Waals surface area (Å²) in [4.78, 5) is 13.9. The van der Waals surface area contributed by atoms with Gasteiger partial charge in [0, 0.05) is 38.6 Å². The Bertz CT molecular complexity index is 1050. The van der Waals surface area contributed by atoms with Gasteiger partial charge in [-0.3, -0.25) is 4.79 Å². The van der Waals surface area contributed by atoms with Gasteiger partial charge in [-0.1, -0.05) is 12.7 Å². The number of allylic oxidation sites excluding steroid dienone is 1. The molecule has 0 aliphatic heterocycles. The summed E-state index contributed by atoms with van der Waals surface area (Å²) < 4.78 is 69.0. The van der Waals surface area contributed by atoms with Gasteiger partial charge < -0.3 is 14.9 Å². The Kier molecular flexibility index (Phi) is 8.81. The van der Waals surface area contributed by atoms with Gasteiger partial charge in [0.15, 0.2) is 0 Å². The van der Waals surface area contributed by atoms with E-state index in [-0.39, 0.29) is 12.2 Å². The molecule has 0 amide bonds. The Hall–Kier alpha value is -2.53. The molecule has 0 spiro atoms. The zero-order chi connectivity index (χ0) is 25.8. The molecule has 1 aromatic carbocycles. The Balaban J connectivity index is 2.59. The summed E-state index contributed by atoms with van der Waals surface area (Å²) in [5.74, 6) is -1.03. The van der Waals surface area contributed by atoms with Crippen LogP contribution in [0.25, 0.3) is 0 Å². The Morgan fingerprint density at radius 2 is 1.82 bits per heavy atom. The van der Waals surface area contributed by atoms with E-state index in [1.807, 2.05) is 0 Å². The van der Waals surface area contributed by atoms with E-state index in [9.17, 15) is 26.4 Å². The zero-order valence-electron chi connectivity index (χ0n) is 19.9. The molecule has 0 radical (unpaired) electrons. The molecule has 1 atom stereocenters. The predicted octanol–water partition coefficient (Wildman–Crippen LogP) is 4.18. The molecule has 0 saturated heterocycles. The van der Waals surface area contributed by atoms with Crippen LogP contribution in [0.3, 0.4) is 0 Å². The topological polar surface area (TPSA) is 81.2 Å². The summed E-state index contributed by atoms with van der Waals surface area (Å²) in [6, 6.07) is 2.21. The molecule has 190 valence electrons. The van der Waals surface area contributed by atoms with Crippen LogP contribution in [0.4, 0.5) is 18.9 Å². The lowest BCUT2D eigenvalue weighted by Crippen LogP contribution is -2.41. The molecule has 11 heteroatoms. The van der Waals surface area contributed by atoms with E-state index in [0.717, 1.165) is 10.4 Å². The van der Waals surface area contributed by atoms with Gasteiger partial charge in [0.25, 0.3) is 0 Å². The largest absolute Gasteiger partial charge is 0.480 e. The number of sulfonamides is 1. The van der Waals surface area contributed by atoms with E-state index in [1.165, 1.54) is 24.1 Å². The van der Waals surface area contributed by atoms with E-state index in [1.54, 1.807) is 25.8 Å². The molecule has 34 heavy (non-hydrogen) atoms. The van der Waals surface area contributed by atoms with Gasteiger partial charge in [-0.25, -0.2) is 8.42 Å². The standard InChI is InChI=1S/C23H32F3N3O4S/c1-6-19-20(27(4)15-22(30)31)10-9-11-21(19)28(5)34(32,33)18-13-16(23(24,25)26)12-17(14-18)29(7-2)8-3/h6,12-14,21H,1,7-11,15H2,2-5H3,(H,30,31)/t21-/m1/s1. The van der Waals surface area contributed by atoms with Crippen molar-refractivity contribution in [3.8, 4) is 0 Å². The van der Waals surface area contributed by atoms with Crippen LogP contribution in [0.2, 0.25) is 0 Å². The van der Waals surface area contributed by atoms with Gasteiger partial charge in [-0.05, 0) is 56.9 Å². The van der Waals surface area contributed by atoms with Gasteiger partial charge in [0.05, 0.1) is 16.5 Å². The molecular weight excluding hydrogens is 471 g/mol. The summed E-state index contributed by atoms with van der Waals surface area (Å²) >= 11 is 0. The van der Waals surface area contributed by atoms with Gasteiger partial charge in [-0.15, -0.1) is 0 Å². The highest BCUT2D eigenvalue weighted by Gasteiger charge is 2.37. The van der Waals surface area contributed by atoms with Crippen LogP contribution in [0.1, 0.15) is 38.7 Å². The third kappa shape index (κ3) is 5.93. The number of anilines is 1. The number of likely N-dealkylation sites (N-methyl/N-ethyl adjacent to an activating group) is 2. The average Bonchev–Trinajstić information content (AvgIpc) is 2.77. The fourth-order valence-electron chi connectivity index (χ4n) is 4.30. The normalized spacial score (nSPS) is 17.1. The van der Waals surface area contributed by atoms with Crippen molar-refractivity contribution in [2.45, 2.75) is 50.2 Å². The summed E-state index contributed by atoms with van der Waals surface area (Å²) in [5.41, 5.74) is 0.353. The second kappa shape index (κ2) is 10.8. The summed E-state index contributed by atoms with van der Waals surface area (Å²) in [6.45, 7) is 7.90. The van der Waals surface area contributed by atoms with Crippen LogP contribution in [0.15, 0.2) is 47.0 Å². The summed E-state index contributed by atoms with van der Waals surface area (Å²) in [7, 11) is -1.38. The quantitative estimate of drug-likeness (QED) is 0.516. The lowest BCUT2D eigenvalue weighted by atomic mass is 9.90. The van der Waals surface area contributed by atoms with Crippen LogP contribution in [0.5, 0.6) is 0 Å². The lowest BCUT2D eigenvalue weighted by Gasteiger charge is -2.36. The van der Waals surface area contributed by atoms with Crippen molar-refractivity contribution in [2.24, 2.45) is 0 Å². The van der Waals surface area contributed by atoms with E-state index >= 15 is 0 Å². The van der Waals surface area contributed by atoms with Crippen molar-refractivity contribution in [1.82, 2.24) is 9.21 Å². The first-order valence-electron chi connectivity index (χ1n) is 11.0. The fourth-order valence-corrected chi connectivity index (χ4v) is 5.73. The van der Waals surface area contributed by atoms with Crippen molar-refractivity contribution in [2.75, 3.05) is 38.6 Å². The van der Waals surface area contributed by atoms with Crippen LogP contribution in [-0.4, -0.2) is 68.5 Å². The lowest BCUT2D eigenvalue weighted by molar-refractivity contribution is -0.138. The van der Waals surface area contributed by atoms with E-state index in [2.05, 4.69) is 6.58 Å². The minimum absolute atomic E-state index is 0.178. The molecule has 0 unspecified atom stereocenters. The Labute approximate surface area is 199 Å². The molecule has 0 fully saturated rings. The maximum Gasteiger partial charge on any atom is 0.416 e. The summed E-state index contributed by atoms with van der Waals surface area (Å²) in [5, 5.41) is 9.14. The first kappa shape index (κ1) is 27.7. The number of aliphatic carboxylic acids is 1. The van der Waals surface area contributed by atoms with Crippen molar-refractivity contribution in [3.63, 3.8) is 0 Å². The van der Waals surface area contributed by atoms with Gasteiger partial charge >= 0.3 is 12.1 Å². The predicted molar refractivity (Wildman–Crippen MR) is 125 cm³/mol. The van der Waals surface area contributed by atoms with E-state index in [4.69, 9.17) is 5.11 Å². The monoisotopic (exact) mass is 503 g/mol. The third-order valence-corrected chi connectivity index (χ3v) is 7.94. The minimum atomic E-state index is -4.71. The SMILES string of the molecule is C=CC1=C(N(C)CC(=O)O)CCC[C@H]1N(C)S(=O)(=O)c1cc(N(CC)CC)cc(C(F)(F)F)c1. The number of carboxylic acid groups (broad SMARTS) is 1. The van der Waals surface area contributed by atoms with Crippen molar-refractivity contribution in [3.05, 3.63) is 47.7 Å². The number of benzene rings is 1. The first-order valence-corrected chi connectivity index (χ1v) is 12.5. The maximum absolute atomic E-state index is 13.6. The number of rotatable bonds is 10. The van der Waals surface area contributed by atoms with Crippen LogP contribution in [0, 0.1) is 0 Å². The van der Waals surface area contributed by atoms with Crippen molar-refractivity contribution >= 4 is 21.7 Å². The van der Waals surface area contributed by atoms with Crippen molar-refractivity contribution in [1.29, 1.82) is 0 Å². The Morgan fingerprint density at radius 1 is 1.21 bits per heavy atom.